The molecule has 1 N–H and O–H groups in total. The average molecular weight is 276 g/mol. The van der Waals surface area contributed by atoms with E-state index in [-0.39, 0.29) is 5.56 Å². The second-order valence-corrected chi connectivity index (χ2v) is 5.22. The molecule has 0 aliphatic heterocycles. The number of aromatic amines is 1. The summed E-state index contributed by atoms with van der Waals surface area (Å²) in [5.74, 6) is 0.572. The molecule has 5 nitrogen and oxygen atoms in total. The van der Waals surface area contributed by atoms with Gasteiger partial charge in [0, 0.05) is 5.38 Å². The molecule has 0 aromatic carbocycles. The number of aromatic nitrogens is 4. The van der Waals surface area contributed by atoms with Crippen LogP contribution < -0.4 is 5.56 Å². The highest BCUT2D eigenvalue weighted by atomic mass is 32.1. The Bertz CT molecular complexity index is 770. The number of H-pyrrole nitrogens is 1. The first-order valence-electron chi connectivity index (χ1n) is 5.17. The van der Waals surface area contributed by atoms with Crippen molar-refractivity contribution >= 4 is 44.7 Å². The summed E-state index contributed by atoms with van der Waals surface area (Å²) in [5, 5.41) is 8.26. The largest absolute Gasteiger partial charge is 0.306 e. The third kappa shape index (κ3) is 1.98. The Morgan fingerprint density at radius 3 is 3.17 bits per heavy atom. The maximum atomic E-state index is 11.8. The lowest BCUT2D eigenvalue weighted by molar-refractivity contribution is 1.12. The summed E-state index contributed by atoms with van der Waals surface area (Å²) < 4.78 is 3.78. The van der Waals surface area contributed by atoms with Gasteiger partial charge in [-0.3, -0.25) is 4.79 Å². The van der Waals surface area contributed by atoms with E-state index in [0.717, 1.165) is 16.1 Å². The minimum Gasteiger partial charge on any atom is -0.306 e. The topological polar surface area (TPSA) is 71.5 Å². The summed E-state index contributed by atoms with van der Waals surface area (Å²) in [7, 11) is 0. The number of rotatable bonds is 2. The quantitative estimate of drug-likeness (QED) is 0.780. The molecule has 0 saturated heterocycles. The van der Waals surface area contributed by atoms with Crippen LogP contribution in [0, 0.1) is 0 Å². The third-order valence-corrected chi connectivity index (χ3v) is 3.78. The Kier molecular flexibility index (Phi) is 2.77. The highest BCUT2D eigenvalue weighted by molar-refractivity contribution is 7.16. The van der Waals surface area contributed by atoms with E-state index in [2.05, 4.69) is 19.6 Å². The summed E-state index contributed by atoms with van der Waals surface area (Å²) in [4.78, 5) is 19.8. The van der Waals surface area contributed by atoms with Crippen LogP contribution in [0.2, 0.25) is 0 Å². The molecule has 7 heteroatoms. The Morgan fingerprint density at radius 1 is 1.50 bits per heavy atom. The molecule has 0 atom stereocenters. The summed E-state index contributed by atoms with van der Waals surface area (Å²) in [6, 6.07) is 1.78. The zero-order valence-corrected chi connectivity index (χ0v) is 11.0. The van der Waals surface area contributed by atoms with E-state index < -0.39 is 0 Å². The number of hydrogen-bond donors (Lipinski definition) is 1. The van der Waals surface area contributed by atoms with Crippen molar-refractivity contribution in [3.8, 4) is 0 Å². The van der Waals surface area contributed by atoms with Gasteiger partial charge in [0.15, 0.2) is 0 Å². The van der Waals surface area contributed by atoms with Crippen molar-refractivity contribution in [2.45, 2.75) is 6.92 Å². The molecule has 0 bridgehead atoms. The normalized spacial score (nSPS) is 12.2. The van der Waals surface area contributed by atoms with Crippen molar-refractivity contribution in [3.05, 3.63) is 38.7 Å². The Hall–Kier alpha value is -1.86. The molecule has 3 aromatic rings. The van der Waals surface area contributed by atoms with Crippen LogP contribution in [0.5, 0.6) is 0 Å². The van der Waals surface area contributed by atoms with Gasteiger partial charge in [-0.1, -0.05) is 4.49 Å². The van der Waals surface area contributed by atoms with Gasteiger partial charge < -0.3 is 4.98 Å². The Labute approximate surface area is 110 Å². The molecular formula is C11H8N4OS2. The van der Waals surface area contributed by atoms with Crippen molar-refractivity contribution in [2.75, 3.05) is 0 Å². The van der Waals surface area contributed by atoms with Crippen LogP contribution in [0.25, 0.3) is 21.9 Å². The first kappa shape index (κ1) is 11.2. The second-order valence-electron chi connectivity index (χ2n) is 3.71. The number of nitrogens with one attached hydrogen (secondary N) is 1. The third-order valence-electron chi connectivity index (χ3n) is 2.45. The van der Waals surface area contributed by atoms with Crippen molar-refractivity contribution < 1.29 is 0 Å². The fourth-order valence-corrected chi connectivity index (χ4v) is 2.75. The molecule has 0 fully saturated rings. The highest BCUT2D eigenvalue weighted by Gasteiger charge is 2.06. The molecule has 3 heterocycles. The van der Waals surface area contributed by atoms with Gasteiger partial charge in [0.25, 0.3) is 5.56 Å². The van der Waals surface area contributed by atoms with E-state index in [4.69, 9.17) is 0 Å². The van der Waals surface area contributed by atoms with Gasteiger partial charge in [-0.2, -0.15) is 0 Å². The lowest BCUT2D eigenvalue weighted by Crippen LogP contribution is -2.09. The molecule has 3 rings (SSSR count). The maximum absolute atomic E-state index is 11.8. The zero-order chi connectivity index (χ0) is 12.5. The van der Waals surface area contributed by atoms with Gasteiger partial charge in [-0.15, -0.1) is 16.4 Å². The van der Waals surface area contributed by atoms with E-state index in [0.29, 0.717) is 11.2 Å². The highest BCUT2D eigenvalue weighted by Crippen LogP contribution is 2.18. The first-order chi connectivity index (χ1) is 8.74. The van der Waals surface area contributed by atoms with Gasteiger partial charge in [0.1, 0.15) is 10.7 Å². The SMILES string of the molecule is C/C(=C/c1csnn1)c1nc2sccc2c(=O)[nH]1. The minimum atomic E-state index is -0.111. The van der Waals surface area contributed by atoms with Gasteiger partial charge >= 0.3 is 0 Å². The summed E-state index contributed by atoms with van der Waals surface area (Å²) in [5.41, 5.74) is 1.52. The number of hydrogen-bond acceptors (Lipinski definition) is 6. The van der Waals surface area contributed by atoms with Crippen molar-refractivity contribution in [3.63, 3.8) is 0 Å². The zero-order valence-electron chi connectivity index (χ0n) is 9.38. The molecule has 0 unspecified atom stereocenters. The average Bonchev–Trinajstić information content (AvgIpc) is 2.98. The molecule has 18 heavy (non-hydrogen) atoms. The second kappa shape index (κ2) is 4.43. The Morgan fingerprint density at radius 2 is 2.39 bits per heavy atom. The summed E-state index contributed by atoms with van der Waals surface area (Å²) in [6.45, 7) is 1.89. The van der Waals surface area contributed by atoms with Crippen LogP contribution in [0.4, 0.5) is 0 Å². The molecule has 0 saturated carbocycles. The van der Waals surface area contributed by atoms with Crippen molar-refractivity contribution in [2.24, 2.45) is 0 Å². The number of fused-ring (bicyclic) bond motifs is 1. The lowest BCUT2D eigenvalue weighted by Gasteiger charge is -1.99. The fraction of sp³-hybridized carbons (Fsp3) is 0.0909. The van der Waals surface area contributed by atoms with Gasteiger partial charge in [-0.05, 0) is 41.6 Å². The number of nitrogens with zero attached hydrogens (tertiary/aromatic N) is 3. The van der Waals surface area contributed by atoms with E-state index >= 15 is 0 Å². The lowest BCUT2D eigenvalue weighted by atomic mass is 10.2. The van der Waals surface area contributed by atoms with Crippen LogP contribution in [0.15, 0.2) is 21.6 Å². The maximum Gasteiger partial charge on any atom is 0.259 e. The molecule has 3 aromatic heterocycles. The van der Waals surface area contributed by atoms with Crippen molar-refractivity contribution in [1.29, 1.82) is 0 Å². The van der Waals surface area contributed by atoms with Gasteiger partial charge in [0.05, 0.1) is 11.1 Å². The van der Waals surface area contributed by atoms with Crippen LogP contribution in [-0.4, -0.2) is 19.6 Å². The molecule has 0 radical (unpaired) electrons. The van der Waals surface area contributed by atoms with E-state index in [1.54, 1.807) is 6.07 Å². The number of allylic oxidation sites excluding steroid dienone is 1. The molecular weight excluding hydrogens is 268 g/mol. The van der Waals surface area contributed by atoms with Crippen LogP contribution in [0.3, 0.4) is 0 Å². The van der Waals surface area contributed by atoms with E-state index in [1.165, 1.54) is 22.9 Å². The standard InChI is InChI=1S/C11H8N4OS2/c1-6(4-7-5-18-15-14-7)9-12-10(16)8-2-3-17-11(8)13-9/h2-5H,1H3,(H,12,13,16)/b6-4-. The van der Waals surface area contributed by atoms with Crippen LogP contribution in [-0.2, 0) is 0 Å². The smallest absolute Gasteiger partial charge is 0.259 e. The summed E-state index contributed by atoms with van der Waals surface area (Å²) >= 11 is 2.74. The molecule has 0 spiro atoms. The number of thiophene rings is 1. The Balaban J connectivity index is 2.11. The van der Waals surface area contributed by atoms with E-state index in [9.17, 15) is 4.79 Å². The van der Waals surface area contributed by atoms with Crippen LogP contribution in [0.1, 0.15) is 18.4 Å². The van der Waals surface area contributed by atoms with Crippen molar-refractivity contribution in [1.82, 2.24) is 19.6 Å². The molecule has 90 valence electrons. The molecule has 0 aliphatic carbocycles. The molecule has 0 aliphatic rings. The monoisotopic (exact) mass is 276 g/mol. The fourth-order valence-electron chi connectivity index (χ4n) is 1.58. The predicted octanol–water partition coefficient (Wildman–Crippen LogP) is 2.40. The van der Waals surface area contributed by atoms with Gasteiger partial charge in [0.2, 0.25) is 0 Å². The van der Waals surface area contributed by atoms with Crippen LogP contribution >= 0.6 is 22.9 Å². The summed E-state index contributed by atoms with van der Waals surface area (Å²) in [6.07, 6.45) is 1.85. The van der Waals surface area contributed by atoms with Gasteiger partial charge in [-0.25, -0.2) is 4.98 Å². The molecule has 0 amide bonds. The predicted molar refractivity (Wildman–Crippen MR) is 73.7 cm³/mol. The first-order valence-corrected chi connectivity index (χ1v) is 6.89. The minimum absolute atomic E-state index is 0.111. The van der Waals surface area contributed by atoms with E-state index in [1.807, 2.05) is 23.8 Å².